The summed E-state index contributed by atoms with van der Waals surface area (Å²) in [4.78, 5) is 32.4. The highest BCUT2D eigenvalue weighted by atomic mass is 16.3. The molecule has 8 heteroatoms. The average Bonchev–Trinajstić information content (AvgIpc) is 2.96. The summed E-state index contributed by atoms with van der Waals surface area (Å²) in [5.41, 5.74) is 0. The lowest BCUT2D eigenvalue weighted by Gasteiger charge is -2.33. The Morgan fingerprint density at radius 3 is 2.72 bits per heavy atom. The van der Waals surface area contributed by atoms with Gasteiger partial charge in [-0.25, -0.2) is 4.98 Å². The van der Waals surface area contributed by atoms with Crippen molar-refractivity contribution in [1.29, 1.82) is 0 Å². The van der Waals surface area contributed by atoms with Crippen LogP contribution in [0.15, 0.2) is 12.4 Å². The number of anilines is 1. The van der Waals surface area contributed by atoms with E-state index in [9.17, 15) is 14.7 Å². The molecule has 2 N–H and O–H groups in total. The van der Waals surface area contributed by atoms with E-state index >= 15 is 0 Å². The number of hydrogen-bond acceptors (Lipinski definition) is 5. The lowest BCUT2D eigenvalue weighted by Crippen LogP contribution is -2.49. The minimum absolute atomic E-state index is 0.0372. The smallest absolute Gasteiger partial charge is 0.251 e. The van der Waals surface area contributed by atoms with Gasteiger partial charge in [-0.3, -0.25) is 9.59 Å². The second-order valence-corrected chi connectivity index (χ2v) is 6.94. The van der Waals surface area contributed by atoms with Crippen LogP contribution in [0.5, 0.6) is 0 Å². The standard InChI is InChI=1S/C17H27N5O3/c1-20-11-7-18-17(20)21-9-5-13(6-10-21)19-15(24)12-22-8-3-2-4-14(23)16(22)25/h7,11,13-14,23H,2-6,8-10,12H2,1H3,(H,19,24). The first-order valence-corrected chi connectivity index (χ1v) is 9.03. The van der Waals surface area contributed by atoms with Crippen LogP contribution < -0.4 is 10.2 Å². The maximum Gasteiger partial charge on any atom is 0.251 e. The van der Waals surface area contributed by atoms with E-state index in [0.29, 0.717) is 13.0 Å². The van der Waals surface area contributed by atoms with Gasteiger partial charge < -0.3 is 24.8 Å². The van der Waals surface area contributed by atoms with Crippen molar-refractivity contribution in [2.45, 2.75) is 44.2 Å². The highest BCUT2D eigenvalue weighted by molar-refractivity contribution is 5.87. The van der Waals surface area contributed by atoms with Crippen molar-refractivity contribution < 1.29 is 14.7 Å². The Bertz CT molecular complexity index is 609. The molecule has 0 radical (unpaired) electrons. The molecule has 1 aromatic heterocycles. The summed E-state index contributed by atoms with van der Waals surface area (Å²) in [6.45, 7) is 2.27. The van der Waals surface area contributed by atoms with E-state index in [1.54, 1.807) is 6.20 Å². The number of aliphatic hydroxyl groups excluding tert-OH is 1. The number of piperidine rings is 1. The molecule has 0 aliphatic carbocycles. The Kier molecular flexibility index (Phi) is 5.57. The molecular formula is C17H27N5O3. The average molecular weight is 349 g/mol. The van der Waals surface area contributed by atoms with E-state index in [-0.39, 0.29) is 24.4 Å². The highest BCUT2D eigenvalue weighted by Gasteiger charge is 2.28. The zero-order valence-electron chi connectivity index (χ0n) is 14.7. The third kappa shape index (κ3) is 4.31. The summed E-state index contributed by atoms with van der Waals surface area (Å²) < 4.78 is 2.00. The summed E-state index contributed by atoms with van der Waals surface area (Å²) >= 11 is 0. The summed E-state index contributed by atoms with van der Waals surface area (Å²) in [5, 5.41) is 12.8. The number of aromatic nitrogens is 2. The number of nitrogens with zero attached hydrogens (tertiary/aromatic N) is 4. The number of aliphatic hydroxyl groups is 1. The van der Waals surface area contributed by atoms with E-state index in [0.717, 1.165) is 44.7 Å². The maximum atomic E-state index is 12.3. The first-order valence-electron chi connectivity index (χ1n) is 9.03. The molecule has 2 aliphatic heterocycles. The highest BCUT2D eigenvalue weighted by Crippen LogP contribution is 2.17. The van der Waals surface area contributed by atoms with Gasteiger partial charge in [0.15, 0.2) is 0 Å². The van der Waals surface area contributed by atoms with Crippen molar-refractivity contribution in [2.24, 2.45) is 7.05 Å². The van der Waals surface area contributed by atoms with Gasteiger partial charge in [0, 0.05) is 45.1 Å². The van der Waals surface area contributed by atoms with Crippen molar-refractivity contribution in [3.05, 3.63) is 12.4 Å². The number of likely N-dealkylation sites (tertiary alicyclic amines) is 1. The van der Waals surface area contributed by atoms with Gasteiger partial charge in [0.2, 0.25) is 11.9 Å². The number of carbonyl (C=O) groups excluding carboxylic acids is 2. The minimum Gasteiger partial charge on any atom is -0.383 e. The minimum atomic E-state index is -0.962. The summed E-state index contributed by atoms with van der Waals surface area (Å²) in [5.74, 6) is 0.490. The van der Waals surface area contributed by atoms with Gasteiger partial charge in [-0.15, -0.1) is 0 Å². The van der Waals surface area contributed by atoms with Gasteiger partial charge in [0.1, 0.15) is 6.10 Å². The molecule has 0 saturated carbocycles. The Morgan fingerprint density at radius 1 is 1.28 bits per heavy atom. The zero-order valence-corrected chi connectivity index (χ0v) is 14.7. The van der Waals surface area contributed by atoms with Crippen LogP contribution in [0.2, 0.25) is 0 Å². The number of carbonyl (C=O) groups is 2. The first kappa shape index (κ1) is 17.7. The molecule has 0 aromatic carbocycles. The SMILES string of the molecule is Cn1ccnc1N1CCC(NC(=O)CN2CCCCC(O)C2=O)CC1. The molecule has 1 unspecified atom stereocenters. The first-order chi connectivity index (χ1) is 12.0. The largest absolute Gasteiger partial charge is 0.383 e. The van der Waals surface area contributed by atoms with E-state index in [1.165, 1.54) is 4.90 Å². The van der Waals surface area contributed by atoms with Gasteiger partial charge in [0.05, 0.1) is 6.54 Å². The molecule has 138 valence electrons. The van der Waals surface area contributed by atoms with Crippen molar-refractivity contribution in [1.82, 2.24) is 19.8 Å². The molecule has 2 fully saturated rings. The molecule has 3 heterocycles. The van der Waals surface area contributed by atoms with E-state index in [2.05, 4.69) is 15.2 Å². The topological polar surface area (TPSA) is 90.7 Å². The quantitative estimate of drug-likeness (QED) is 0.791. The maximum absolute atomic E-state index is 12.3. The molecule has 25 heavy (non-hydrogen) atoms. The lowest BCUT2D eigenvalue weighted by atomic mass is 10.1. The second-order valence-electron chi connectivity index (χ2n) is 6.94. The van der Waals surface area contributed by atoms with E-state index < -0.39 is 6.10 Å². The second kappa shape index (κ2) is 7.86. The molecule has 2 aliphatic rings. The number of aryl methyl sites for hydroxylation is 1. The monoisotopic (exact) mass is 349 g/mol. The van der Waals surface area contributed by atoms with Gasteiger partial charge in [-0.1, -0.05) is 0 Å². The lowest BCUT2D eigenvalue weighted by molar-refractivity contribution is -0.142. The molecule has 1 aromatic rings. The molecule has 1 atom stereocenters. The van der Waals surface area contributed by atoms with Crippen LogP contribution in [0.25, 0.3) is 0 Å². The van der Waals surface area contributed by atoms with Crippen molar-refractivity contribution in [2.75, 3.05) is 31.1 Å². The van der Waals surface area contributed by atoms with Crippen molar-refractivity contribution in [3.8, 4) is 0 Å². The Labute approximate surface area is 147 Å². The number of rotatable bonds is 4. The zero-order chi connectivity index (χ0) is 17.8. The molecule has 8 nitrogen and oxygen atoms in total. The Balaban J connectivity index is 1.46. The number of nitrogens with one attached hydrogen (secondary N) is 1. The van der Waals surface area contributed by atoms with Crippen LogP contribution in [-0.4, -0.2) is 69.7 Å². The van der Waals surface area contributed by atoms with Crippen LogP contribution in [0.4, 0.5) is 5.95 Å². The van der Waals surface area contributed by atoms with Crippen LogP contribution in [0, 0.1) is 0 Å². The van der Waals surface area contributed by atoms with Crippen LogP contribution in [0.1, 0.15) is 32.1 Å². The van der Waals surface area contributed by atoms with Crippen LogP contribution in [0.3, 0.4) is 0 Å². The molecule has 0 bridgehead atoms. The van der Waals surface area contributed by atoms with E-state index in [4.69, 9.17) is 0 Å². The molecule has 2 amide bonds. The fourth-order valence-corrected chi connectivity index (χ4v) is 3.57. The van der Waals surface area contributed by atoms with Crippen molar-refractivity contribution >= 4 is 17.8 Å². The molecule has 0 spiro atoms. The van der Waals surface area contributed by atoms with Crippen LogP contribution >= 0.6 is 0 Å². The van der Waals surface area contributed by atoms with Gasteiger partial charge >= 0.3 is 0 Å². The van der Waals surface area contributed by atoms with Gasteiger partial charge in [-0.05, 0) is 32.1 Å². The van der Waals surface area contributed by atoms with Gasteiger partial charge in [-0.2, -0.15) is 0 Å². The van der Waals surface area contributed by atoms with Crippen molar-refractivity contribution in [3.63, 3.8) is 0 Å². The third-order valence-corrected chi connectivity index (χ3v) is 5.03. The predicted molar refractivity (Wildman–Crippen MR) is 93.0 cm³/mol. The van der Waals surface area contributed by atoms with E-state index in [1.807, 2.05) is 17.8 Å². The normalized spacial score (nSPS) is 22.8. The van der Waals surface area contributed by atoms with Crippen LogP contribution in [-0.2, 0) is 16.6 Å². The molecular weight excluding hydrogens is 322 g/mol. The number of imidazole rings is 1. The Hall–Kier alpha value is -2.09. The fourth-order valence-electron chi connectivity index (χ4n) is 3.57. The Morgan fingerprint density at radius 2 is 2.04 bits per heavy atom. The number of amides is 2. The summed E-state index contributed by atoms with van der Waals surface area (Å²) in [6, 6.07) is 0.121. The van der Waals surface area contributed by atoms with Gasteiger partial charge in [0.25, 0.3) is 5.91 Å². The molecule has 2 saturated heterocycles. The molecule has 3 rings (SSSR count). The predicted octanol–water partition coefficient (Wildman–Crippen LogP) is -0.121. The summed E-state index contributed by atoms with van der Waals surface area (Å²) in [6.07, 6.45) is 6.60. The summed E-state index contributed by atoms with van der Waals surface area (Å²) in [7, 11) is 1.98. The third-order valence-electron chi connectivity index (χ3n) is 5.03. The fraction of sp³-hybridized carbons (Fsp3) is 0.706. The number of hydrogen-bond donors (Lipinski definition) is 2.